The van der Waals surface area contributed by atoms with Gasteiger partial charge in [-0.1, -0.05) is 13.3 Å². The van der Waals surface area contributed by atoms with Crippen LogP contribution < -0.4 is 5.32 Å². The molecule has 0 aromatic rings. The van der Waals surface area contributed by atoms with Gasteiger partial charge in [-0.3, -0.25) is 15.0 Å². The summed E-state index contributed by atoms with van der Waals surface area (Å²) in [5, 5.41) is 12.0. The number of carboxylic acids is 1. The van der Waals surface area contributed by atoms with Crippen molar-refractivity contribution in [3.05, 3.63) is 0 Å². The Morgan fingerprint density at radius 2 is 2.33 bits per heavy atom. The van der Waals surface area contributed by atoms with Crippen LogP contribution in [0.4, 0.5) is 4.79 Å². The first-order valence-electron chi connectivity index (χ1n) is 7.14. The number of amides is 2. The Kier molecular flexibility index (Phi) is 4.97. The van der Waals surface area contributed by atoms with E-state index in [-0.39, 0.29) is 11.7 Å². The van der Waals surface area contributed by atoms with Gasteiger partial charge in [-0.25, -0.2) is 9.59 Å². The van der Waals surface area contributed by atoms with Gasteiger partial charge in [0.25, 0.3) is 0 Å². The van der Waals surface area contributed by atoms with Gasteiger partial charge in [0, 0.05) is 12.2 Å². The molecule has 0 aromatic carbocycles. The summed E-state index contributed by atoms with van der Waals surface area (Å²) in [6, 6.07) is -0.890. The molecule has 118 valence electrons. The highest BCUT2D eigenvalue weighted by Gasteiger charge is 2.55. The molecule has 0 aromatic heterocycles. The molecule has 0 aliphatic carbocycles. The van der Waals surface area contributed by atoms with Crippen LogP contribution >= 0.6 is 11.8 Å². The van der Waals surface area contributed by atoms with Gasteiger partial charge >= 0.3 is 12.1 Å². The van der Waals surface area contributed by atoms with Crippen LogP contribution in [-0.4, -0.2) is 51.4 Å². The van der Waals surface area contributed by atoms with Gasteiger partial charge < -0.3 is 9.84 Å². The van der Waals surface area contributed by atoms with Gasteiger partial charge in [0.2, 0.25) is 5.91 Å². The number of thioether (sulfide) groups is 1. The Morgan fingerprint density at radius 1 is 1.57 bits per heavy atom. The first kappa shape index (κ1) is 15.9. The topological polar surface area (TPSA) is 95.9 Å². The normalized spacial score (nSPS) is 28.1. The second-order valence-electron chi connectivity index (χ2n) is 5.18. The summed E-state index contributed by atoms with van der Waals surface area (Å²) in [5.74, 6) is -0.996. The zero-order valence-corrected chi connectivity index (χ0v) is 12.8. The number of ether oxygens (including phenoxy) is 1. The van der Waals surface area contributed by atoms with Crippen molar-refractivity contribution >= 4 is 29.7 Å². The van der Waals surface area contributed by atoms with Gasteiger partial charge in [-0.15, -0.1) is 11.8 Å². The summed E-state index contributed by atoms with van der Waals surface area (Å²) in [6.07, 6.45) is 2.58. The number of fused-ring (bicyclic) bond motifs is 1. The maximum absolute atomic E-state index is 12.1. The summed E-state index contributed by atoms with van der Waals surface area (Å²) < 4.78 is 5.07. The summed E-state index contributed by atoms with van der Waals surface area (Å²) in [7, 11) is 0. The molecule has 0 bridgehead atoms. The van der Waals surface area contributed by atoms with Gasteiger partial charge in [-0.2, -0.15) is 0 Å². The van der Waals surface area contributed by atoms with Crippen molar-refractivity contribution in [1.29, 1.82) is 0 Å². The molecule has 2 rings (SSSR count). The molecule has 2 atom stereocenters. The molecule has 2 fully saturated rings. The lowest BCUT2D eigenvalue weighted by Crippen LogP contribution is -2.62. The molecule has 2 aliphatic heterocycles. The van der Waals surface area contributed by atoms with E-state index in [1.807, 2.05) is 6.92 Å². The van der Waals surface area contributed by atoms with Crippen molar-refractivity contribution in [1.82, 2.24) is 10.2 Å². The Bertz CT molecular complexity index is 444. The predicted molar refractivity (Wildman–Crippen MR) is 76.7 cm³/mol. The lowest BCUT2D eigenvalue weighted by Gasteiger charge is -2.42. The van der Waals surface area contributed by atoms with Gasteiger partial charge in [0.05, 0.1) is 6.61 Å². The number of carboxylic acid groups (broad SMARTS) is 1. The summed E-state index contributed by atoms with van der Waals surface area (Å²) >= 11 is 1.29. The number of carbonyl (C=O) groups excluding carboxylic acids is 2. The smallest absolute Gasteiger partial charge is 0.409 e. The lowest BCUT2D eigenvalue weighted by molar-refractivity contribution is -0.154. The van der Waals surface area contributed by atoms with E-state index < -0.39 is 23.1 Å². The zero-order valence-electron chi connectivity index (χ0n) is 12.0. The molecule has 8 heteroatoms. The first-order valence-corrected chi connectivity index (χ1v) is 8.12. The lowest BCUT2D eigenvalue weighted by atomic mass is 10.0. The van der Waals surface area contributed by atoms with E-state index in [1.54, 1.807) is 0 Å². The number of rotatable bonds is 5. The fraction of sp³-hybridized carbons (Fsp3) is 0.769. The summed E-state index contributed by atoms with van der Waals surface area (Å²) in [6.45, 7) is 2.31. The maximum Gasteiger partial charge on any atom is 0.409 e. The van der Waals surface area contributed by atoms with E-state index in [4.69, 9.17) is 4.74 Å². The Hall–Kier alpha value is -1.44. The van der Waals surface area contributed by atoms with Crippen LogP contribution in [-0.2, 0) is 14.3 Å². The molecule has 2 saturated heterocycles. The minimum absolute atomic E-state index is 0.229. The number of aliphatic carboxylic acids is 1. The maximum atomic E-state index is 12.1. The van der Waals surface area contributed by atoms with E-state index in [2.05, 4.69) is 5.32 Å². The average molecular weight is 316 g/mol. The number of unbranched alkanes of at least 4 members (excludes halogenated alkanes) is 1. The fourth-order valence-electron chi connectivity index (χ4n) is 2.63. The first-order chi connectivity index (χ1) is 10.00. The molecular formula is C13H20N2O5S. The van der Waals surface area contributed by atoms with Crippen LogP contribution in [0.25, 0.3) is 0 Å². The van der Waals surface area contributed by atoms with Crippen molar-refractivity contribution < 1.29 is 24.2 Å². The van der Waals surface area contributed by atoms with Crippen LogP contribution in [0.15, 0.2) is 0 Å². The molecule has 21 heavy (non-hydrogen) atoms. The van der Waals surface area contributed by atoms with E-state index >= 15 is 0 Å². The molecule has 0 spiro atoms. The average Bonchev–Trinajstić information content (AvgIpc) is 2.79. The molecule has 2 heterocycles. The molecule has 7 nitrogen and oxygen atoms in total. The third-order valence-electron chi connectivity index (χ3n) is 3.67. The number of hydrogen-bond donors (Lipinski definition) is 2. The molecular weight excluding hydrogens is 296 g/mol. The number of nitrogens with zero attached hydrogens (tertiary/aromatic N) is 1. The number of piperidine rings is 1. The van der Waals surface area contributed by atoms with Crippen molar-refractivity contribution in [3.63, 3.8) is 0 Å². The highest BCUT2D eigenvalue weighted by molar-refractivity contribution is 8.00. The Morgan fingerprint density at radius 3 is 3.00 bits per heavy atom. The van der Waals surface area contributed by atoms with E-state index in [0.29, 0.717) is 25.9 Å². The SMILES string of the molecule is CCCCOC(=O)NC12CCCC(=O)N1C(C(=O)O)CS2. The number of alkyl carbamates (subject to hydrolysis) is 1. The number of nitrogens with one attached hydrogen (secondary N) is 1. The van der Waals surface area contributed by atoms with E-state index in [0.717, 1.165) is 12.8 Å². The minimum Gasteiger partial charge on any atom is -0.480 e. The van der Waals surface area contributed by atoms with E-state index in [1.165, 1.54) is 16.7 Å². The van der Waals surface area contributed by atoms with E-state index in [9.17, 15) is 19.5 Å². The highest BCUT2D eigenvalue weighted by Crippen LogP contribution is 2.44. The number of carbonyl (C=O) groups is 3. The molecule has 0 radical (unpaired) electrons. The van der Waals surface area contributed by atoms with Crippen molar-refractivity contribution in [2.24, 2.45) is 0 Å². The van der Waals surface area contributed by atoms with Crippen LogP contribution in [0.5, 0.6) is 0 Å². The summed E-state index contributed by atoms with van der Waals surface area (Å²) in [5.41, 5.74) is 0. The monoisotopic (exact) mass is 316 g/mol. The third kappa shape index (κ3) is 3.25. The molecule has 0 saturated carbocycles. The summed E-state index contributed by atoms with van der Waals surface area (Å²) in [4.78, 5) is 35.6. The quantitative estimate of drug-likeness (QED) is 0.744. The second kappa shape index (κ2) is 6.55. The van der Waals surface area contributed by atoms with Gasteiger partial charge in [0.1, 0.15) is 6.04 Å². The predicted octanol–water partition coefficient (Wildman–Crippen LogP) is 1.38. The Balaban J connectivity index is 2.08. The standard InChI is InChI=1S/C13H20N2O5S/c1-2-3-7-20-12(19)14-13-6-4-5-10(16)15(13)9(8-21-13)11(17)18/h9H,2-8H2,1H3,(H,14,19)(H,17,18). The second-order valence-corrected chi connectivity index (χ2v) is 6.48. The van der Waals surface area contributed by atoms with Gasteiger partial charge in [0.15, 0.2) is 4.99 Å². The van der Waals surface area contributed by atoms with Gasteiger partial charge in [-0.05, 0) is 19.3 Å². The van der Waals surface area contributed by atoms with Crippen molar-refractivity contribution in [2.45, 2.75) is 50.1 Å². The zero-order chi connectivity index (χ0) is 15.5. The van der Waals surface area contributed by atoms with Crippen LogP contribution in [0, 0.1) is 0 Å². The highest BCUT2D eigenvalue weighted by atomic mass is 32.2. The van der Waals surface area contributed by atoms with Crippen LogP contribution in [0.3, 0.4) is 0 Å². The Labute approximate surface area is 127 Å². The van der Waals surface area contributed by atoms with Crippen molar-refractivity contribution in [3.8, 4) is 0 Å². The molecule has 2 aliphatic rings. The fourth-order valence-corrected chi connectivity index (χ4v) is 4.16. The molecule has 2 N–H and O–H groups in total. The minimum atomic E-state index is -1.04. The third-order valence-corrected chi connectivity index (χ3v) is 5.13. The molecule has 2 unspecified atom stereocenters. The van der Waals surface area contributed by atoms with Crippen LogP contribution in [0.2, 0.25) is 0 Å². The molecule has 2 amide bonds. The van der Waals surface area contributed by atoms with Crippen molar-refractivity contribution in [2.75, 3.05) is 12.4 Å². The largest absolute Gasteiger partial charge is 0.480 e. The number of hydrogen-bond acceptors (Lipinski definition) is 5. The van der Waals surface area contributed by atoms with Crippen LogP contribution in [0.1, 0.15) is 39.0 Å².